The van der Waals surface area contributed by atoms with Crippen molar-refractivity contribution in [1.29, 1.82) is 0 Å². The molecular formula is C13H25NO2. The summed E-state index contributed by atoms with van der Waals surface area (Å²) in [4.78, 5) is 13.8. The van der Waals surface area contributed by atoms with E-state index >= 15 is 0 Å². The van der Waals surface area contributed by atoms with E-state index in [1.165, 1.54) is 12.8 Å². The smallest absolute Gasteiger partial charge is 0.146 e. The number of hydrogen-bond donors (Lipinski definition) is 0. The average Bonchev–Trinajstić information content (AvgIpc) is 2.16. The van der Waals surface area contributed by atoms with Crippen LogP contribution in [0.2, 0.25) is 0 Å². The van der Waals surface area contributed by atoms with E-state index in [2.05, 4.69) is 25.7 Å². The van der Waals surface area contributed by atoms with Gasteiger partial charge in [0.15, 0.2) is 0 Å². The molecule has 0 aromatic carbocycles. The number of rotatable bonds is 4. The van der Waals surface area contributed by atoms with Gasteiger partial charge in [0.2, 0.25) is 0 Å². The minimum Gasteiger partial charge on any atom is -0.375 e. The highest BCUT2D eigenvalue weighted by molar-refractivity contribution is 5.81. The lowest BCUT2D eigenvalue weighted by Crippen LogP contribution is -2.45. The fraction of sp³-hybridized carbons (Fsp3) is 0.923. The third-order valence-corrected chi connectivity index (χ3v) is 3.00. The molecule has 0 aromatic rings. The van der Waals surface area contributed by atoms with Gasteiger partial charge in [-0.3, -0.25) is 9.69 Å². The van der Waals surface area contributed by atoms with Crippen LogP contribution in [0.5, 0.6) is 0 Å². The van der Waals surface area contributed by atoms with E-state index in [4.69, 9.17) is 4.74 Å². The molecule has 3 nitrogen and oxygen atoms in total. The topological polar surface area (TPSA) is 29.5 Å². The molecule has 0 spiro atoms. The van der Waals surface area contributed by atoms with Gasteiger partial charge in [0.1, 0.15) is 5.78 Å². The number of carbonyl (C=O) groups is 1. The maximum atomic E-state index is 11.5. The minimum absolute atomic E-state index is 0.0818. The summed E-state index contributed by atoms with van der Waals surface area (Å²) < 4.78 is 5.71. The van der Waals surface area contributed by atoms with Crippen molar-refractivity contribution in [2.45, 2.75) is 58.6 Å². The van der Waals surface area contributed by atoms with Gasteiger partial charge in [0.05, 0.1) is 18.2 Å². The summed E-state index contributed by atoms with van der Waals surface area (Å²) in [7, 11) is 0. The summed E-state index contributed by atoms with van der Waals surface area (Å²) in [6, 6.07) is 0.136. The molecule has 3 heteroatoms. The highest BCUT2D eigenvalue weighted by Crippen LogP contribution is 2.17. The highest BCUT2D eigenvalue weighted by Gasteiger charge is 2.25. The van der Waals surface area contributed by atoms with Crippen LogP contribution < -0.4 is 0 Å². The Morgan fingerprint density at radius 3 is 2.62 bits per heavy atom. The molecule has 1 aliphatic heterocycles. The monoisotopic (exact) mass is 227 g/mol. The summed E-state index contributed by atoms with van der Waals surface area (Å²) in [6.45, 7) is 10.5. The highest BCUT2D eigenvalue weighted by atomic mass is 16.5. The zero-order valence-electron chi connectivity index (χ0n) is 11.1. The van der Waals surface area contributed by atoms with Crippen LogP contribution >= 0.6 is 0 Å². The lowest BCUT2D eigenvalue weighted by atomic mass is 9.99. The molecular weight excluding hydrogens is 202 g/mol. The normalized spacial score (nSPS) is 23.4. The summed E-state index contributed by atoms with van der Waals surface area (Å²) >= 11 is 0. The van der Waals surface area contributed by atoms with Crippen LogP contribution in [0.4, 0.5) is 0 Å². The lowest BCUT2D eigenvalue weighted by molar-refractivity contribution is -0.124. The number of piperidine rings is 1. The Hall–Kier alpha value is -0.410. The van der Waals surface area contributed by atoms with Gasteiger partial charge in [-0.2, -0.15) is 0 Å². The third kappa shape index (κ3) is 4.62. The maximum absolute atomic E-state index is 11.5. The first-order chi connectivity index (χ1) is 7.40. The number of carbonyl (C=O) groups excluding carboxylic acids is 1. The van der Waals surface area contributed by atoms with Crippen molar-refractivity contribution in [3.63, 3.8) is 0 Å². The van der Waals surface area contributed by atoms with Gasteiger partial charge in [-0.1, -0.05) is 6.42 Å². The van der Waals surface area contributed by atoms with Gasteiger partial charge >= 0.3 is 0 Å². The molecule has 0 radical (unpaired) electrons. The van der Waals surface area contributed by atoms with E-state index in [0.717, 1.165) is 19.5 Å². The van der Waals surface area contributed by atoms with Crippen LogP contribution in [0.3, 0.4) is 0 Å². The van der Waals surface area contributed by atoms with Gasteiger partial charge in [0, 0.05) is 6.54 Å². The van der Waals surface area contributed by atoms with Gasteiger partial charge in [-0.15, -0.1) is 0 Å². The summed E-state index contributed by atoms with van der Waals surface area (Å²) in [5.41, 5.74) is -0.0818. The summed E-state index contributed by atoms with van der Waals surface area (Å²) in [5, 5.41) is 0. The van der Waals surface area contributed by atoms with Crippen LogP contribution in [0.15, 0.2) is 0 Å². The Labute approximate surface area is 99.1 Å². The van der Waals surface area contributed by atoms with E-state index in [1.54, 1.807) is 6.92 Å². The van der Waals surface area contributed by atoms with Gasteiger partial charge < -0.3 is 4.74 Å². The van der Waals surface area contributed by atoms with E-state index in [9.17, 15) is 4.79 Å². The first kappa shape index (κ1) is 13.7. The van der Waals surface area contributed by atoms with E-state index in [1.807, 2.05) is 0 Å². The van der Waals surface area contributed by atoms with Crippen molar-refractivity contribution < 1.29 is 9.53 Å². The molecule has 0 N–H and O–H groups in total. The standard InChI is InChI=1S/C13H25NO2/c1-11(15)12-7-5-6-8-14(12)9-10-16-13(2,3)4/h12H,5-10H2,1-4H3. The minimum atomic E-state index is -0.0818. The molecule has 1 atom stereocenters. The van der Waals surface area contributed by atoms with Gasteiger partial charge in [0.25, 0.3) is 0 Å². The van der Waals surface area contributed by atoms with Crippen LogP contribution in [0.25, 0.3) is 0 Å². The Bertz CT molecular complexity index is 233. The van der Waals surface area contributed by atoms with E-state index < -0.39 is 0 Å². The molecule has 0 amide bonds. The van der Waals surface area contributed by atoms with Crippen LogP contribution in [-0.4, -0.2) is 42.0 Å². The van der Waals surface area contributed by atoms with Crippen LogP contribution in [-0.2, 0) is 9.53 Å². The van der Waals surface area contributed by atoms with Crippen molar-refractivity contribution in [3.05, 3.63) is 0 Å². The van der Waals surface area contributed by atoms with Crippen molar-refractivity contribution in [2.75, 3.05) is 19.7 Å². The maximum Gasteiger partial charge on any atom is 0.146 e. The number of hydrogen-bond acceptors (Lipinski definition) is 3. The Morgan fingerprint density at radius 2 is 2.06 bits per heavy atom. The SMILES string of the molecule is CC(=O)C1CCCCN1CCOC(C)(C)C. The molecule has 1 fully saturated rings. The molecule has 0 aliphatic carbocycles. The third-order valence-electron chi connectivity index (χ3n) is 3.00. The average molecular weight is 227 g/mol. The summed E-state index contributed by atoms with van der Waals surface area (Å²) in [6.07, 6.45) is 3.41. The van der Waals surface area contributed by atoms with Crippen molar-refractivity contribution in [3.8, 4) is 0 Å². The molecule has 1 unspecified atom stereocenters. The molecule has 0 bridgehead atoms. The Kier molecular flexibility index (Phi) is 4.93. The molecule has 0 saturated carbocycles. The lowest BCUT2D eigenvalue weighted by Gasteiger charge is -2.34. The first-order valence-electron chi connectivity index (χ1n) is 6.28. The second-order valence-corrected chi connectivity index (χ2v) is 5.62. The van der Waals surface area contributed by atoms with Crippen molar-refractivity contribution in [1.82, 2.24) is 4.90 Å². The molecule has 1 rings (SSSR count). The zero-order valence-corrected chi connectivity index (χ0v) is 11.1. The predicted molar refractivity (Wildman–Crippen MR) is 65.6 cm³/mol. The first-order valence-corrected chi connectivity index (χ1v) is 6.28. The predicted octanol–water partition coefficient (Wildman–Crippen LogP) is 2.25. The van der Waals surface area contributed by atoms with Gasteiger partial charge in [-0.05, 0) is 47.1 Å². The molecule has 1 saturated heterocycles. The van der Waals surface area contributed by atoms with Gasteiger partial charge in [-0.25, -0.2) is 0 Å². The van der Waals surface area contributed by atoms with E-state index in [-0.39, 0.29) is 11.6 Å². The largest absolute Gasteiger partial charge is 0.375 e. The Balaban J connectivity index is 2.36. The number of Topliss-reactive ketones (excluding diaryl/α,β-unsaturated/α-hetero) is 1. The van der Waals surface area contributed by atoms with Crippen LogP contribution in [0, 0.1) is 0 Å². The molecule has 1 heterocycles. The second kappa shape index (κ2) is 5.78. The number of ketones is 1. The molecule has 0 aromatic heterocycles. The fourth-order valence-corrected chi connectivity index (χ4v) is 2.19. The van der Waals surface area contributed by atoms with E-state index in [0.29, 0.717) is 12.4 Å². The Morgan fingerprint density at radius 1 is 1.38 bits per heavy atom. The molecule has 1 aliphatic rings. The number of likely N-dealkylation sites (tertiary alicyclic amines) is 1. The number of ether oxygens (including phenoxy) is 1. The zero-order chi connectivity index (χ0) is 12.2. The number of nitrogens with zero attached hydrogens (tertiary/aromatic N) is 1. The van der Waals surface area contributed by atoms with Crippen LogP contribution in [0.1, 0.15) is 47.0 Å². The summed E-state index contributed by atoms with van der Waals surface area (Å²) in [5.74, 6) is 0.301. The molecule has 16 heavy (non-hydrogen) atoms. The van der Waals surface area contributed by atoms with Crippen molar-refractivity contribution in [2.24, 2.45) is 0 Å². The molecule has 94 valence electrons. The second-order valence-electron chi connectivity index (χ2n) is 5.62. The fourth-order valence-electron chi connectivity index (χ4n) is 2.19. The van der Waals surface area contributed by atoms with Crippen molar-refractivity contribution >= 4 is 5.78 Å². The quantitative estimate of drug-likeness (QED) is 0.737.